The number of guanidine groups is 1. The van der Waals surface area contributed by atoms with Crippen molar-refractivity contribution in [3.63, 3.8) is 0 Å². The summed E-state index contributed by atoms with van der Waals surface area (Å²) in [5, 5.41) is 3.56. The maximum atomic E-state index is 4.77. The number of aryl methyl sites for hydroxylation is 1. The van der Waals surface area contributed by atoms with Crippen molar-refractivity contribution in [3.05, 3.63) is 35.8 Å². The van der Waals surface area contributed by atoms with E-state index < -0.39 is 0 Å². The van der Waals surface area contributed by atoms with Gasteiger partial charge in [0.05, 0.1) is 5.69 Å². The quantitative estimate of drug-likeness (QED) is 0.638. The predicted octanol–water partition coefficient (Wildman–Crippen LogP) is 2.57. The van der Waals surface area contributed by atoms with Crippen molar-refractivity contribution < 1.29 is 0 Å². The molecule has 6 nitrogen and oxygen atoms in total. The number of rotatable bonds is 5. The van der Waals surface area contributed by atoms with Crippen LogP contribution in [-0.2, 0) is 6.42 Å². The third kappa shape index (κ3) is 4.49. The number of nitrogens with one attached hydrogen (secondary N) is 1. The molecule has 0 aromatic carbocycles. The zero-order chi connectivity index (χ0) is 19.3. The van der Waals surface area contributed by atoms with E-state index in [9.17, 15) is 0 Å². The van der Waals surface area contributed by atoms with Gasteiger partial charge in [0.1, 0.15) is 5.65 Å². The highest BCUT2D eigenvalue weighted by Gasteiger charge is 2.26. The van der Waals surface area contributed by atoms with Gasteiger partial charge in [0.2, 0.25) is 0 Å². The van der Waals surface area contributed by atoms with Crippen LogP contribution in [0.5, 0.6) is 0 Å². The molecule has 152 valence electrons. The maximum Gasteiger partial charge on any atom is 0.193 e. The molecule has 4 rings (SSSR count). The lowest BCUT2D eigenvalue weighted by molar-refractivity contribution is 0.198. The molecule has 0 bridgehead atoms. The molecule has 0 aliphatic carbocycles. The Morgan fingerprint density at radius 2 is 2.11 bits per heavy atom. The second kappa shape index (κ2) is 8.95. The summed E-state index contributed by atoms with van der Waals surface area (Å²) < 4.78 is 2.12. The molecular weight excluding hydrogens is 348 g/mol. The molecule has 2 aliphatic rings. The number of aromatic nitrogens is 2. The summed E-state index contributed by atoms with van der Waals surface area (Å²) in [6.45, 7) is 9.07. The first-order valence-electron chi connectivity index (χ1n) is 10.8. The molecule has 0 radical (unpaired) electrons. The molecule has 1 atom stereocenters. The Hall–Kier alpha value is -2.08. The molecule has 2 aromatic rings. The van der Waals surface area contributed by atoms with Crippen molar-refractivity contribution in [1.82, 2.24) is 24.5 Å². The molecular formula is C22H34N6. The highest BCUT2D eigenvalue weighted by atomic mass is 15.3. The van der Waals surface area contributed by atoms with E-state index in [2.05, 4.69) is 56.0 Å². The molecule has 0 amide bonds. The Kier molecular flexibility index (Phi) is 6.15. The summed E-state index contributed by atoms with van der Waals surface area (Å²) in [7, 11) is 1.90. The second-order valence-electron chi connectivity index (χ2n) is 8.34. The Bertz CT molecular complexity index is 804. The third-order valence-electron chi connectivity index (χ3n) is 6.15. The minimum atomic E-state index is 0.776. The number of hydrogen-bond acceptors (Lipinski definition) is 3. The molecule has 4 heterocycles. The molecule has 28 heavy (non-hydrogen) atoms. The number of nitrogens with zero attached hydrogens (tertiary/aromatic N) is 5. The van der Waals surface area contributed by atoms with Crippen LogP contribution in [0.1, 0.15) is 36.9 Å². The van der Waals surface area contributed by atoms with Gasteiger partial charge in [0.25, 0.3) is 0 Å². The summed E-state index contributed by atoms with van der Waals surface area (Å²) in [5.41, 5.74) is 3.40. The Balaban J connectivity index is 1.26. The summed E-state index contributed by atoms with van der Waals surface area (Å²) >= 11 is 0. The standard InChI is InChI=1S/C22H34N6/c1-18-7-6-13-27-17-20(25-21(18)27)8-10-24-22(23-2)28-14-9-19(16-28)15-26-11-4-3-5-12-26/h6-7,13,17,19H,3-5,8-12,14-16H2,1-2H3,(H,23,24). The van der Waals surface area contributed by atoms with Crippen LogP contribution in [0.25, 0.3) is 5.65 Å². The molecule has 1 unspecified atom stereocenters. The van der Waals surface area contributed by atoms with Crippen LogP contribution in [0.3, 0.4) is 0 Å². The van der Waals surface area contributed by atoms with Crippen LogP contribution < -0.4 is 5.32 Å². The monoisotopic (exact) mass is 382 g/mol. The summed E-state index contributed by atoms with van der Waals surface area (Å²) in [4.78, 5) is 14.4. The number of likely N-dealkylation sites (tertiary alicyclic amines) is 2. The van der Waals surface area contributed by atoms with Crippen LogP contribution >= 0.6 is 0 Å². The van der Waals surface area contributed by atoms with Gasteiger partial charge in [-0.1, -0.05) is 12.5 Å². The van der Waals surface area contributed by atoms with E-state index in [-0.39, 0.29) is 0 Å². The van der Waals surface area contributed by atoms with Gasteiger partial charge in [-0.3, -0.25) is 4.99 Å². The number of piperidine rings is 1. The molecule has 2 aromatic heterocycles. The number of imidazole rings is 1. The topological polar surface area (TPSA) is 48.2 Å². The van der Waals surface area contributed by atoms with E-state index in [1.807, 2.05) is 7.05 Å². The number of pyridine rings is 1. The van der Waals surface area contributed by atoms with E-state index in [0.717, 1.165) is 49.3 Å². The lowest BCUT2D eigenvalue weighted by Crippen LogP contribution is -2.42. The zero-order valence-corrected chi connectivity index (χ0v) is 17.4. The van der Waals surface area contributed by atoms with Crippen LogP contribution in [0.2, 0.25) is 0 Å². The first kappa shape index (κ1) is 19.2. The van der Waals surface area contributed by atoms with Gasteiger partial charge in [-0.15, -0.1) is 0 Å². The summed E-state index contributed by atoms with van der Waals surface area (Å²) in [6.07, 6.45) is 10.6. The average Bonchev–Trinajstić information content (AvgIpc) is 3.34. The lowest BCUT2D eigenvalue weighted by Gasteiger charge is -2.29. The fraction of sp³-hybridized carbons (Fsp3) is 0.636. The minimum Gasteiger partial charge on any atom is -0.356 e. The second-order valence-corrected chi connectivity index (χ2v) is 8.34. The smallest absolute Gasteiger partial charge is 0.193 e. The van der Waals surface area contributed by atoms with Crippen molar-refractivity contribution >= 4 is 11.6 Å². The molecule has 1 N–H and O–H groups in total. The Morgan fingerprint density at radius 1 is 1.25 bits per heavy atom. The minimum absolute atomic E-state index is 0.776. The zero-order valence-electron chi connectivity index (χ0n) is 17.4. The third-order valence-corrected chi connectivity index (χ3v) is 6.15. The maximum absolute atomic E-state index is 4.77. The average molecular weight is 383 g/mol. The van der Waals surface area contributed by atoms with Crippen molar-refractivity contribution in [3.8, 4) is 0 Å². The molecule has 0 saturated carbocycles. The van der Waals surface area contributed by atoms with E-state index in [1.165, 1.54) is 50.9 Å². The van der Waals surface area contributed by atoms with Crippen LogP contribution in [0.4, 0.5) is 0 Å². The number of fused-ring (bicyclic) bond motifs is 1. The predicted molar refractivity (Wildman–Crippen MR) is 115 cm³/mol. The molecule has 2 aliphatic heterocycles. The Labute approximate surface area is 168 Å². The lowest BCUT2D eigenvalue weighted by atomic mass is 10.1. The van der Waals surface area contributed by atoms with Crippen LogP contribution in [0, 0.1) is 12.8 Å². The first-order valence-corrected chi connectivity index (χ1v) is 10.8. The van der Waals surface area contributed by atoms with Gasteiger partial charge < -0.3 is 19.5 Å². The van der Waals surface area contributed by atoms with Gasteiger partial charge in [-0.05, 0) is 56.8 Å². The molecule has 2 fully saturated rings. The summed E-state index contributed by atoms with van der Waals surface area (Å²) in [5.74, 6) is 1.82. The van der Waals surface area contributed by atoms with E-state index in [4.69, 9.17) is 4.98 Å². The van der Waals surface area contributed by atoms with Crippen molar-refractivity contribution in [1.29, 1.82) is 0 Å². The van der Waals surface area contributed by atoms with Crippen molar-refractivity contribution in [2.75, 3.05) is 46.3 Å². The van der Waals surface area contributed by atoms with E-state index in [0.29, 0.717) is 0 Å². The van der Waals surface area contributed by atoms with Crippen LogP contribution in [-0.4, -0.2) is 71.5 Å². The Morgan fingerprint density at radius 3 is 2.89 bits per heavy atom. The van der Waals surface area contributed by atoms with E-state index >= 15 is 0 Å². The van der Waals surface area contributed by atoms with Gasteiger partial charge >= 0.3 is 0 Å². The fourth-order valence-corrected chi connectivity index (χ4v) is 4.64. The van der Waals surface area contributed by atoms with Gasteiger partial charge in [0, 0.05) is 52.0 Å². The van der Waals surface area contributed by atoms with Crippen molar-refractivity contribution in [2.24, 2.45) is 10.9 Å². The molecule has 0 spiro atoms. The first-order chi connectivity index (χ1) is 13.7. The SMILES string of the molecule is CN=C(NCCc1cn2cccc(C)c2n1)N1CCC(CN2CCCCC2)C1. The highest BCUT2D eigenvalue weighted by Crippen LogP contribution is 2.20. The highest BCUT2D eigenvalue weighted by molar-refractivity contribution is 5.80. The van der Waals surface area contributed by atoms with Crippen molar-refractivity contribution in [2.45, 2.75) is 39.0 Å². The molecule has 2 saturated heterocycles. The van der Waals surface area contributed by atoms with Gasteiger partial charge in [0.15, 0.2) is 5.96 Å². The van der Waals surface area contributed by atoms with Gasteiger partial charge in [-0.25, -0.2) is 4.98 Å². The largest absolute Gasteiger partial charge is 0.356 e. The number of aliphatic imine (C=N–C) groups is 1. The summed E-state index contributed by atoms with van der Waals surface area (Å²) in [6, 6.07) is 4.18. The normalized spacial score (nSPS) is 21.6. The fourth-order valence-electron chi connectivity index (χ4n) is 4.64. The van der Waals surface area contributed by atoms with Gasteiger partial charge in [-0.2, -0.15) is 0 Å². The van der Waals surface area contributed by atoms with E-state index in [1.54, 1.807) is 0 Å². The number of hydrogen-bond donors (Lipinski definition) is 1. The van der Waals surface area contributed by atoms with Crippen LogP contribution in [0.15, 0.2) is 29.5 Å². The molecule has 6 heteroatoms.